The average Bonchev–Trinajstić information content (AvgIpc) is 2.48. The summed E-state index contributed by atoms with van der Waals surface area (Å²) in [5.74, 6) is -1.79. The van der Waals surface area contributed by atoms with Crippen molar-refractivity contribution in [2.75, 3.05) is 0 Å². The second kappa shape index (κ2) is 5.49. The van der Waals surface area contributed by atoms with E-state index in [-0.39, 0.29) is 0 Å². The third-order valence-corrected chi connectivity index (χ3v) is 4.64. The summed E-state index contributed by atoms with van der Waals surface area (Å²) in [6.07, 6.45) is 3.99. The Morgan fingerprint density at radius 3 is 2.38 bits per heavy atom. The van der Waals surface area contributed by atoms with Gasteiger partial charge in [0.15, 0.2) is 0 Å². The van der Waals surface area contributed by atoms with E-state index >= 15 is 0 Å². The van der Waals surface area contributed by atoms with Crippen LogP contribution in [0.25, 0.3) is 10.8 Å². The molecule has 3 rings (SSSR count). The topological polar surface area (TPSA) is 57.5 Å². The van der Waals surface area contributed by atoms with Gasteiger partial charge in [-0.25, -0.2) is 0 Å². The smallest absolute Gasteiger partial charge is 0.313 e. The largest absolute Gasteiger partial charge is 0.481 e. The van der Waals surface area contributed by atoms with E-state index in [1.165, 1.54) is 0 Å². The van der Waals surface area contributed by atoms with E-state index in [2.05, 4.69) is 0 Å². The van der Waals surface area contributed by atoms with Crippen molar-refractivity contribution in [1.29, 1.82) is 0 Å². The van der Waals surface area contributed by atoms with E-state index < -0.39 is 17.5 Å². The molecule has 2 aromatic carbocycles. The molecule has 0 heterocycles. The number of rotatable bonds is 3. The third kappa shape index (κ3) is 2.54. The molecule has 0 bridgehead atoms. The van der Waals surface area contributed by atoms with Crippen molar-refractivity contribution in [2.45, 2.75) is 43.6 Å². The quantitative estimate of drug-likeness (QED) is 0.903. The van der Waals surface area contributed by atoms with Crippen LogP contribution in [0.1, 0.15) is 43.6 Å². The Labute approximate surface area is 124 Å². The van der Waals surface area contributed by atoms with Gasteiger partial charge >= 0.3 is 5.97 Å². The van der Waals surface area contributed by atoms with Crippen molar-refractivity contribution >= 4 is 16.7 Å². The normalized spacial score (nSPS) is 19.3. The van der Waals surface area contributed by atoms with Crippen molar-refractivity contribution in [3.63, 3.8) is 0 Å². The Bertz CT molecular complexity index is 651. The van der Waals surface area contributed by atoms with Gasteiger partial charge in [-0.2, -0.15) is 0 Å². The molecule has 2 aromatic rings. The molecule has 110 valence electrons. The van der Waals surface area contributed by atoms with Crippen molar-refractivity contribution < 1.29 is 15.0 Å². The zero-order valence-corrected chi connectivity index (χ0v) is 12.0. The Hall–Kier alpha value is -1.87. The maximum Gasteiger partial charge on any atom is 0.313 e. The number of aliphatic carboxylic acids is 1. The van der Waals surface area contributed by atoms with E-state index in [0.29, 0.717) is 12.8 Å². The zero-order valence-electron chi connectivity index (χ0n) is 12.0. The van der Waals surface area contributed by atoms with Crippen molar-refractivity contribution in [3.05, 3.63) is 48.0 Å². The molecule has 2 N–H and O–H groups in total. The number of hydrogen-bond acceptors (Lipinski definition) is 2. The van der Waals surface area contributed by atoms with Gasteiger partial charge in [-0.1, -0.05) is 61.7 Å². The van der Waals surface area contributed by atoms with Crippen LogP contribution in [0, 0.1) is 0 Å². The molecule has 3 heteroatoms. The predicted molar refractivity (Wildman–Crippen MR) is 82.4 cm³/mol. The molecule has 1 fully saturated rings. The summed E-state index contributed by atoms with van der Waals surface area (Å²) in [7, 11) is 0. The number of hydrogen-bond donors (Lipinski definition) is 2. The highest BCUT2D eigenvalue weighted by Crippen LogP contribution is 2.42. The number of carboxylic acids is 1. The predicted octanol–water partition coefficient (Wildman–Crippen LogP) is 3.70. The zero-order chi connectivity index (χ0) is 14.9. The summed E-state index contributed by atoms with van der Waals surface area (Å²) in [6.45, 7) is 0. The highest BCUT2D eigenvalue weighted by Gasteiger charge is 2.43. The molecule has 1 atom stereocenters. The summed E-state index contributed by atoms with van der Waals surface area (Å²) in [4.78, 5) is 11.9. The van der Waals surface area contributed by atoms with Gasteiger partial charge in [0.05, 0.1) is 5.60 Å². The molecular weight excluding hydrogens is 264 g/mol. The Kier molecular flexibility index (Phi) is 3.68. The van der Waals surface area contributed by atoms with E-state index in [9.17, 15) is 15.0 Å². The minimum atomic E-state index is -1.13. The molecule has 0 saturated heterocycles. The van der Waals surface area contributed by atoms with Crippen molar-refractivity contribution in [1.82, 2.24) is 0 Å². The second-order valence-corrected chi connectivity index (χ2v) is 6.00. The minimum absolute atomic E-state index is 0.563. The second-order valence-electron chi connectivity index (χ2n) is 6.00. The number of carboxylic acid groups (broad SMARTS) is 1. The summed E-state index contributed by atoms with van der Waals surface area (Å²) < 4.78 is 0. The van der Waals surface area contributed by atoms with E-state index in [1.807, 2.05) is 42.5 Å². The lowest BCUT2D eigenvalue weighted by molar-refractivity contribution is -0.147. The lowest BCUT2D eigenvalue weighted by Crippen LogP contribution is -2.42. The molecular formula is C18H20O3. The molecule has 1 aliphatic carbocycles. The standard InChI is InChI=1S/C18H20O3/c19-17(20)16(18(21)11-4-1-5-12-18)15-10-6-8-13-7-2-3-9-14(13)15/h2-3,6-10,16,21H,1,4-5,11-12H2,(H,19,20)/t16-/m0/s1. The number of benzene rings is 2. The van der Waals surface area contributed by atoms with E-state index in [1.54, 1.807) is 0 Å². The Morgan fingerprint density at radius 2 is 1.67 bits per heavy atom. The monoisotopic (exact) mass is 284 g/mol. The van der Waals surface area contributed by atoms with Crippen LogP contribution in [0.4, 0.5) is 0 Å². The summed E-state index contributed by atoms with van der Waals surface area (Å²) >= 11 is 0. The molecule has 0 aliphatic heterocycles. The first-order valence-electron chi connectivity index (χ1n) is 7.55. The summed E-state index contributed by atoms with van der Waals surface area (Å²) in [5, 5.41) is 22.6. The van der Waals surface area contributed by atoms with Crippen molar-refractivity contribution in [2.24, 2.45) is 0 Å². The van der Waals surface area contributed by atoms with Crippen LogP contribution < -0.4 is 0 Å². The van der Waals surface area contributed by atoms with Crippen LogP contribution in [-0.4, -0.2) is 21.8 Å². The van der Waals surface area contributed by atoms with Crippen LogP contribution in [0.3, 0.4) is 0 Å². The maximum atomic E-state index is 11.9. The Morgan fingerprint density at radius 1 is 1.00 bits per heavy atom. The lowest BCUT2D eigenvalue weighted by Gasteiger charge is -2.37. The molecule has 3 nitrogen and oxygen atoms in total. The number of carbonyl (C=O) groups is 1. The van der Waals surface area contributed by atoms with Gasteiger partial charge in [-0.15, -0.1) is 0 Å². The lowest BCUT2D eigenvalue weighted by atomic mass is 9.72. The van der Waals surface area contributed by atoms with Crippen molar-refractivity contribution in [3.8, 4) is 0 Å². The van der Waals surface area contributed by atoms with E-state index in [0.717, 1.165) is 35.6 Å². The molecule has 0 spiro atoms. The molecule has 21 heavy (non-hydrogen) atoms. The van der Waals surface area contributed by atoms with Gasteiger partial charge in [0, 0.05) is 0 Å². The highest BCUT2D eigenvalue weighted by molar-refractivity contribution is 5.91. The van der Waals surface area contributed by atoms with Crippen LogP contribution >= 0.6 is 0 Å². The van der Waals surface area contributed by atoms with Crippen LogP contribution in [0.5, 0.6) is 0 Å². The van der Waals surface area contributed by atoms with Crippen LogP contribution in [0.15, 0.2) is 42.5 Å². The van der Waals surface area contributed by atoms with Gasteiger partial charge in [-0.05, 0) is 29.2 Å². The highest BCUT2D eigenvalue weighted by atomic mass is 16.4. The van der Waals surface area contributed by atoms with E-state index in [4.69, 9.17) is 0 Å². The molecule has 0 amide bonds. The molecule has 1 saturated carbocycles. The molecule has 1 aliphatic rings. The van der Waals surface area contributed by atoms with Gasteiger partial charge in [0.2, 0.25) is 0 Å². The van der Waals surface area contributed by atoms with Gasteiger partial charge in [0.1, 0.15) is 5.92 Å². The molecule has 0 radical (unpaired) electrons. The number of aliphatic hydroxyl groups is 1. The fraction of sp³-hybridized carbons (Fsp3) is 0.389. The SMILES string of the molecule is O=C(O)[C@H](c1cccc2ccccc12)C1(O)CCCCC1. The van der Waals surface area contributed by atoms with Gasteiger partial charge < -0.3 is 10.2 Å². The summed E-state index contributed by atoms with van der Waals surface area (Å²) in [6, 6.07) is 13.5. The average molecular weight is 284 g/mol. The molecule has 0 aromatic heterocycles. The maximum absolute atomic E-state index is 11.9. The minimum Gasteiger partial charge on any atom is -0.481 e. The van der Waals surface area contributed by atoms with Crippen LogP contribution in [-0.2, 0) is 4.79 Å². The summed E-state index contributed by atoms with van der Waals surface area (Å²) in [5.41, 5.74) is -0.404. The third-order valence-electron chi connectivity index (χ3n) is 4.64. The van der Waals surface area contributed by atoms with Crippen LogP contribution in [0.2, 0.25) is 0 Å². The Balaban J connectivity index is 2.14. The molecule has 0 unspecified atom stereocenters. The first-order chi connectivity index (χ1) is 10.1. The van der Waals surface area contributed by atoms with Gasteiger partial charge in [0.25, 0.3) is 0 Å². The first kappa shape index (κ1) is 14.1. The fourth-order valence-electron chi connectivity index (χ4n) is 3.61. The number of fused-ring (bicyclic) bond motifs is 1. The first-order valence-corrected chi connectivity index (χ1v) is 7.55. The van der Waals surface area contributed by atoms with Gasteiger partial charge in [-0.3, -0.25) is 4.79 Å². The fourth-order valence-corrected chi connectivity index (χ4v) is 3.61.